The molecule has 0 spiro atoms. The Balaban J connectivity index is 2.30. The Bertz CT molecular complexity index is 552. The molecule has 0 saturated carbocycles. The van der Waals surface area contributed by atoms with E-state index in [1.54, 1.807) is 18.2 Å². The van der Waals surface area contributed by atoms with Crippen molar-refractivity contribution in [1.82, 2.24) is 5.32 Å². The van der Waals surface area contributed by atoms with Gasteiger partial charge < -0.3 is 16.2 Å². The molecule has 1 rings (SSSR count). The molecule has 1 unspecified atom stereocenters. The number of phenols is 1. The van der Waals surface area contributed by atoms with Gasteiger partial charge in [-0.25, -0.2) is 0 Å². The number of nitrogens with two attached hydrogens (primary N) is 1. The first-order valence-electron chi connectivity index (χ1n) is 11.2. The number of rotatable bonds is 15. The third-order valence-corrected chi connectivity index (χ3v) is 5.25. The number of benzene rings is 1. The first-order valence-corrected chi connectivity index (χ1v) is 11.2. The quantitative estimate of drug-likeness (QED) is 0.332. The lowest BCUT2D eigenvalue weighted by molar-refractivity contribution is 0.0949. The summed E-state index contributed by atoms with van der Waals surface area (Å²) in [5, 5.41) is 12.7. The molecule has 0 heterocycles. The first kappa shape index (κ1) is 24.5. The molecule has 1 aromatic rings. The molecule has 0 aromatic heterocycles. The summed E-state index contributed by atoms with van der Waals surface area (Å²) in [5.74, 6) is 0.431. The summed E-state index contributed by atoms with van der Waals surface area (Å²) in [6.45, 7) is 7.09. The van der Waals surface area contributed by atoms with E-state index in [9.17, 15) is 9.90 Å². The van der Waals surface area contributed by atoms with Gasteiger partial charge in [0.05, 0.1) is 5.56 Å². The van der Waals surface area contributed by atoms with Gasteiger partial charge >= 0.3 is 0 Å². The second-order valence-electron chi connectivity index (χ2n) is 8.88. The average Bonchev–Trinajstić information content (AvgIpc) is 2.63. The van der Waals surface area contributed by atoms with Gasteiger partial charge in [0.1, 0.15) is 5.75 Å². The van der Waals surface area contributed by atoms with Gasteiger partial charge in [-0.3, -0.25) is 4.79 Å². The van der Waals surface area contributed by atoms with Crippen LogP contribution in [0.1, 0.15) is 102 Å². The maximum atomic E-state index is 12.2. The van der Waals surface area contributed by atoms with Crippen LogP contribution in [0.2, 0.25) is 0 Å². The highest BCUT2D eigenvalue weighted by Gasteiger charge is 2.19. The van der Waals surface area contributed by atoms with Crippen LogP contribution in [0.25, 0.3) is 0 Å². The smallest absolute Gasteiger partial charge is 0.255 e. The van der Waals surface area contributed by atoms with Crippen molar-refractivity contribution in [2.75, 3.05) is 6.54 Å². The van der Waals surface area contributed by atoms with E-state index in [0.717, 1.165) is 19.3 Å². The lowest BCUT2D eigenvalue weighted by Crippen LogP contribution is -2.34. The van der Waals surface area contributed by atoms with E-state index >= 15 is 0 Å². The maximum Gasteiger partial charge on any atom is 0.255 e. The Kier molecular flexibility index (Phi) is 11.9. The predicted molar refractivity (Wildman–Crippen MR) is 119 cm³/mol. The van der Waals surface area contributed by atoms with Gasteiger partial charge in [0, 0.05) is 12.1 Å². The van der Waals surface area contributed by atoms with Crippen molar-refractivity contribution in [3.8, 4) is 5.75 Å². The van der Waals surface area contributed by atoms with Gasteiger partial charge in [-0.15, -0.1) is 0 Å². The van der Waals surface area contributed by atoms with Crippen molar-refractivity contribution in [3.05, 3.63) is 29.8 Å². The van der Waals surface area contributed by atoms with Crippen molar-refractivity contribution < 1.29 is 9.90 Å². The van der Waals surface area contributed by atoms with Gasteiger partial charge in [0.15, 0.2) is 0 Å². The van der Waals surface area contributed by atoms with Crippen molar-refractivity contribution in [2.45, 2.75) is 96.9 Å². The van der Waals surface area contributed by atoms with Crippen LogP contribution < -0.4 is 11.1 Å². The monoisotopic (exact) mass is 390 g/mol. The van der Waals surface area contributed by atoms with Crippen LogP contribution >= 0.6 is 0 Å². The van der Waals surface area contributed by atoms with Gasteiger partial charge in [0.2, 0.25) is 0 Å². The summed E-state index contributed by atoms with van der Waals surface area (Å²) >= 11 is 0. The third kappa shape index (κ3) is 11.3. The summed E-state index contributed by atoms with van der Waals surface area (Å²) in [6, 6.07) is 6.66. The molecule has 1 aromatic carbocycles. The van der Waals surface area contributed by atoms with Crippen molar-refractivity contribution in [2.24, 2.45) is 11.7 Å². The van der Waals surface area contributed by atoms with Crippen LogP contribution in [0.3, 0.4) is 0 Å². The molecule has 0 aliphatic carbocycles. The van der Waals surface area contributed by atoms with Gasteiger partial charge in [0.25, 0.3) is 5.91 Å². The van der Waals surface area contributed by atoms with E-state index < -0.39 is 0 Å². The number of phenolic OH excluding ortho intramolecular Hbond substituents is 1. The van der Waals surface area contributed by atoms with Crippen molar-refractivity contribution >= 4 is 5.91 Å². The minimum Gasteiger partial charge on any atom is -0.507 e. The number of hydrogen-bond acceptors (Lipinski definition) is 3. The number of nitrogens with one attached hydrogen (secondary N) is 1. The van der Waals surface area contributed by atoms with E-state index in [2.05, 4.69) is 26.1 Å². The van der Waals surface area contributed by atoms with Crippen LogP contribution in [0, 0.1) is 5.92 Å². The zero-order chi connectivity index (χ0) is 20.8. The minimum absolute atomic E-state index is 0.0293. The van der Waals surface area contributed by atoms with Crippen LogP contribution in [-0.2, 0) is 0 Å². The lowest BCUT2D eigenvalue weighted by atomic mass is 9.85. The summed E-state index contributed by atoms with van der Waals surface area (Å²) < 4.78 is 0. The second-order valence-corrected chi connectivity index (χ2v) is 8.88. The topological polar surface area (TPSA) is 75.3 Å². The van der Waals surface area contributed by atoms with Crippen LogP contribution in [0.5, 0.6) is 5.75 Å². The average molecular weight is 391 g/mol. The molecule has 4 N–H and O–H groups in total. The number of unbranched alkanes of at least 4 members (excludes halogenated alkanes) is 6. The largest absolute Gasteiger partial charge is 0.507 e. The second kappa shape index (κ2) is 13.6. The first-order chi connectivity index (χ1) is 13.3. The fraction of sp³-hybridized carbons (Fsp3) is 0.708. The summed E-state index contributed by atoms with van der Waals surface area (Å²) in [4.78, 5) is 12.2. The molecule has 28 heavy (non-hydrogen) atoms. The normalized spacial score (nSPS) is 12.7. The molecule has 0 aliphatic rings. The van der Waals surface area contributed by atoms with Gasteiger partial charge in [-0.1, -0.05) is 70.4 Å². The fourth-order valence-electron chi connectivity index (χ4n) is 3.84. The van der Waals surface area contributed by atoms with Crippen LogP contribution in [0.15, 0.2) is 24.3 Å². The molecular formula is C24H42N2O2. The highest BCUT2D eigenvalue weighted by atomic mass is 16.3. The molecule has 0 saturated heterocycles. The van der Waals surface area contributed by atoms with E-state index in [1.165, 1.54) is 57.4 Å². The van der Waals surface area contributed by atoms with E-state index in [1.807, 2.05) is 0 Å². The van der Waals surface area contributed by atoms with Crippen LogP contribution in [0.4, 0.5) is 0 Å². The van der Waals surface area contributed by atoms with Gasteiger partial charge in [-0.2, -0.15) is 0 Å². The van der Waals surface area contributed by atoms with Crippen molar-refractivity contribution in [1.29, 1.82) is 0 Å². The highest BCUT2D eigenvalue weighted by molar-refractivity contribution is 5.96. The maximum absolute atomic E-state index is 12.2. The molecule has 0 aliphatic heterocycles. The Morgan fingerprint density at radius 1 is 1.04 bits per heavy atom. The number of amides is 1. The standard InChI is InChI=1S/C24H42N2O2/c1-4-5-6-7-8-9-10-14-20(19-24(2,3)25)15-13-18-26-23(28)21-16-11-12-17-22(21)27/h11-12,16-17,20,27H,4-10,13-15,18-19,25H2,1-3H3,(H,26,28). The van der Waals surface area contributed by atoms with Crippen molar-refractivity contribution in [3.63, 3.8) is 0 Å². The molecule has 160 valence electrons. The third-order valence-electron chi connectivity index (χ3n) is 5.25. The number of carbonyl (C=O) groups excluding carboxylic acids is 1. The number of para-hydroxylation sites is 1. The molecule has 0 radical (unpaired) electrons. The lowest BCUT2D eigenvalue weighted by Gasteiger charge is -2.26. The van der Waals surface area contributed by atoms with E-state index in [-0.39, 0.29) is 17.2 Å². The summed E-state index contributed by atoms with van der Waals surface area (Å²) in [5.41, 5.74) is 6.46. The summed E-state index contributed by atoms with van der Waals surface area (Å²) in [7, 11) is 0. The Hall–Kier alpha value is -1.55. The Labute approximate surface area is 172 Å². The highest BCUT2D eigenvalue weighted by Crippen LogP contribution is 2.25. The van der Waals surface area contributed by atoms with E-state index in [4.69, 9.17) is 5.73 Å². The zero-order valence-corrected chi connectivity index (χ0v) is 18.3. The molecule has 0 bridgehead atoms. The molecular weight excluding hydrogens is 348 g/mol. The number of aromatic hydroxyl groups is 1. The summed E-state index contributed by atoms with van der Waals surface area (Å²) in [6.07, 6.45) is 13.6. The molecule has 0 fully saturated rings. The predicted octanol–water partition coefficient (Wildman–Crippen LogP) is 5.79. The molecule has 1 amide bonds. The fourth-order valence-corrected chi connectivity index (χ4v) is 3.84. The number of hydrogen-bond donors (Lipinski definition) is 3. The zero-order valence-electron chi connectivity index (χ0n) is 18.3. The molecule has 4 nitrogen and oxygen atoms in total. The Morgan fingerprint density at radius 2 is 1.64 bits per heavy atom. The molecule has 1 atom stereocenters. The molecule has 4 heteroatoms. The van der Waals surface area contributed by atoms with Crippen LogP contribution in [-0.4, -0.2) is 23.1 Å². The van der Waals surface area contributed by atoms with Gasteiger partial charge in [-0.05, 0) is 51.2 Å². The Morgan fingerprint density at radius 3 is 2.29 bits per heavy atom. The SMILES string of the molecule is CCCCCCCCCC(CCCNC(=O)c1ccccc1O)CC(C)(C)N. The number of carbonyl (C=O) groups is 1. The van der Waals surface area contributed by atoms with E-state index in [0.29, 0.717) is 18.0 Å². The minimum atomic E-state index is -0.208.